The van der Waals surface area contributed by atoms with Gasteiger partial charge in [-0.25, -0.2) is 0 Å². The van der Waals surface area contributed by atoms with Gasteiger partial charge in [0.25, 0.3) is 0 Å². The van der Waals surface area contributed by atoms with Crippen LogP contribution in [0.1, 0.15) is 13.8 Å². The second kappa shape index (κ2) is 2.01. The Balaban J connectivity index is 2.45. The van der Waals surface area contributed by atoms with Crippen LogP contribution in [0.4, 0.5) is 0 Å². The van der Waals surface area contributed by atoms with Gasteiger partial charge >= 0.3 is 0 Å². The third-order valence-corrected chi connectivity index (χ3v) is 4.05. The van der Waals surface area contributed by atoms with Crippen molar-refractivity contribution < 1.29 is 4.21 Å². The molecule has 9 heavy (non-hydrogen) atoms. The molecule has 0 aromatic carbocycles. The minimum absolute atomic E-state index is 0.690. The van der Waals surface area contributed by atoms with Crippen molar-refractivity contribution in [3.8, 4) is 0 Å². The lowest BCUT2D eigenvalue weighted by atomic mass is 10.00. The lowest BCUT2D eigenvalue weighted by Gasteiger charge is -2.32. The Morgan fingerprint density at radius 3 is 2.11 bits per heavy atom. The van der Waals surface area contributed by atoms with Crippen molar-refractivity contribution in [1.82, 2.24) is 0 Å². The molecular weight excluding hydrogens is 132 g/mol. The van der Waals surface area contributed by atoms with E-state index in [-0.39, 0.29) is 0 Å². The summed E-state index contributed by atoms with van der Waals surface area (Å²) in [6.07, 6.45) is 0. The van der Waals surface area contributed by atoms with Gasteiger partial charge < -0.3 is 0 Å². The van der Waals surface area contributed by atoms with E-state index in [1.54, 1.807) is 0 Å². The molecule has 0 saturated carbocycles. The van der Waals surface area contributed by atoms with E-state index in [4.69, 9.17) is 0 Å². The Morgan fingerprint density at radius 2 is 2.00 bits per heavy atom. The molecule has 1 aliphatic rings. The summed E-state index contributed by atoms with van der Waals surface area (Å²) in [5, 5.41) is 0. The molecule has 54 valence electrons. The highest BCUT2D eigenvalue weighted by atomic mass is 32.2. The first kappa shape index (κ1) is 7.13. The van der Waals surface area contributed by atoms with E-state index in [1.165, 1.54) is 0 Å². The third-order valence-electron chi connectivity index (χ3n) is 1.98. The van der Waals surface area contributed by atoms with Gasteiger partial charge in [-0.15, -0.1) is 0 Å². The summed E-state index contributed by atoms with van der Waals surface area (Å²) in [5.41, 5.74) is 0. The molecule has 0 atom stereocenters. The maximum Gasteiger partial charge on any atom is 0.0198 e. The fourth-order valence-corrected chi connectivity index (χ4v) is 3.35. The highest BCUT2D eigenvalue weighted by Crippen LogP contribution is 2.25. The number of hydrogen-bond donors (Lipinski definition) is 0. The van der Waals surface area contributed by atoms with Crippen molar-refractivity contribution in [2.45, 2.75) is 13.8 Å². The average Bonchev–Trinajstić information content (AvgIpc) is 1.59. The zero-order chi connectivity index (χ0) is 7.07. The van der Waals surface area contributed by atoms with Crippen LogP contribution in [0.5, 0.6) is 0 Å². The first-order valence-corrected chi connectivity index (χ1v) is 5.40. The van der Waals surface area contributed by atoms with Crippen LogP contribution < -0.4 is 0 Å². The predicted octanol–water partition coefficient (Wildman–Crippen LogP) is 0.989. The van der Waals surface area contributed by atoms with Gasteiger partial charge in [0.1, 0.15) is 0 Å². The summed E-state index contributed by atoms with van der Waals surface area (Å²) in [5.74, 6) is 6.75. The molecule has 1 aliphatic heterocycles. The molecule has 2 heteroatoms. The molecule has 0 bridgehead atoms. The fraction of sp³-hybridized carbons (Fsp3) is 0.857. The molecule has 1 fully saturated rings. The molecule has 1 rings (SSSR count). The van der Waals surface area contributed by atoms with Gasteiger partial charge in [0.2, 0.25) is 0 Å². The largest absolute Gasteiger partial charge is 0.268 e. The van der Waals surface area contributed by atoms with Crippen LogP contribution in [0.15, 0.2) is 0 Å². The Morgan fingerprint density at radius 1 is 1.56 bits per heavy atom. The summed E-state index contributed by atoms with van der Waals surface area (Å²) in [4.78, 5) is 0. The van der Waals surface area contributed by atoms with Crippen LogP contribution in [0.2, 0.25) is 0 Å². The van der Waals surface area contributed by atoms with E-state index < -0.39 is 9.52 Å². The Bertz CT molecular complexity index is 177. The van der Waals surface area contributed by atoms with Gasteiger partial charge in [0.05, 0.1) is 0 Å². The SMILES string of the molecule is C=S1(=O)CC(C(C)C)C1. The van der Waals surface area contributed by atoms with Crippen molar-refractivity contribution in [2.24, 2.45) is 11.8 Å². The second-order valence-electron chi connectivity index (χ2n) is 3.30. The zero-order valence-electron chi connectivity index (χ0n) is 6.09. The Kier molecular flexibility index (Phi) is 1.59. The van der Waals surface area contributed by atoms with E-state index in [0.29, 0.717) is 11.8 Å². The first-order valence-electron chi connectivity index (χ1n) is 3.34. The van der Waals surface area contributed by atoms with Crippen molar-refractivity contribution >= 4 is 15.4 Å². The average molecular weight is 146 g/mol. The highest BCUT2D eigenvalue weighted by molar-refractivity contribution is 8.01. The summed E-state index contributed by atoms with van der Waals surface area (Å²) in [6, 6.07) is 0. The van der Waals surface area contributed by atoms with Gasteiger partial charge in [0, 0.05) is 11.5 Å². The van der Waals surface area contributed by atoms with E-state index in [1.807, 2.05) is 0 Å². The molecule has 1 nitrogen and oxygen atoms in total. The minimum atomic E-state index is -1.58. The van der Waals surface area contributed by atoms with Crippen LogP contribution in [-0.4, -0.2) is 21.6 Å². The molecule has 0 aromatic rings. The molecule has 0 aromatic heterocycles. The molecule has 0 radical (unpaired) electrons. The monoisotopic (exact) mass is 146 g/mol. The second-order valence-corrected chi connectivity index (χ2v) is 5.90. The van der Waals surface area contributed by atoms with Crippen LogP contribution >= 0.6 is 0 Å². The maximum absolute atomic E-state index is 11.0. The topological polar surface area (TPSA) is 17.1 Å². The highest BCUT2D eigenvalue weighted by Gasteiger charge is 2.29. The Labute approximate surface area is 57.5 Å². The fourth-order valence-electron chi connectivity index (χ4n) is 1.12. The van der Waals surface area contributed by atoms with Crippen molar-refractivity contribution in [2.75, 3.05) is 11.5 Å². The van der Waals surface area contributed by atoms with Gasteiger partial charge in [-0.1, -0.05) is 13.8 Å². The molecule has 0 amide bonds. The van der Waals surface area contributed by atoms with Crippen molar-refractivity contribution in [1.29, 1.82) is 0 Å². The molecular formula is C7H14OS. The van der Waals surface area contributed by atoms with Gasteiger partial charge in [-0.3, -0.25) is 4.21 Å². The van der Waals surface area contributed by atoms with Crippen LogP contribution in [-0.2, 0) is 9.52 Å². The van der Waals surface area contributed by atoms with Crippen molar-refractivity contribution in [3.63, 3.8) is 0 Å². The maximum atomic E-state index is 11.0. The summed E-state index contributed by atoms with van der Waals surface area (Å²) in [6.45, 7) is 4.36. The smallest absolute Gasteiger partial charge is 0.0198 e. The first-order chi connectivity index (χ1) is 4.01. The van der Waals surface area contributed by atoms with E-state index in [0.717, 1.165) is 11.5 Å². The molecule has 0 N–H and O–H groups in total. The van der Waals surface area contributed by atoms with E-state index in [2.05, 4.69) is 19.7 Å². The normalized spacial score (nSPS) is 42.8. The van der Waals surface area contributed by atoms with Gasteiger partial charge in [0.15, 0.2) is 0 Å². The molecule has 0 aliphatic carbocycles. The summed E-state index contributed by atoms with van der Waals surface area (Å²) >= 11 is 0. The van der Waals surface area contributed by atoms with Crippen LogP contribution in [0.25, 0.3) is 0 Å². The lowest BCUT2D eigenvalue weighted by molar-refractivity contribution is 0.436. The third kappa shape index (κ3) is 1.48. The minimum Gasteiger partial charge on any atom is -0.268 e. The van der Waals surface area contributed by atoms with Crippen LogP contribution in [0, 0.1) is 11.8 Å². The molecule has 1 heterocycles. The Hall–Kier alpha value is 0.0200. The lowest BCUT2D eigenvalue weighted by Crippen LogP contribution is -2.39. The molecule has 1 saturated heterocycles. The quantitative estimate of drug-likeness (QED) is 0.504. The van der Waals surface area contributed by atoms with E-state index in [9.17, 15) is 4.21 Å². The standard InChI is InChI=1S/C7H14OS/c1-6(2)7-4-9(3,8)5-7/h6-7H,3-5H2,1-2H3. The summed E-state index contributed by atoms with van der Waals surface area (Å²) < 4.78 is 11.0. The molecule has 0 spiro atoms. The molecule has 0 unspecified atom stereocenters. The summed E-state index contributed by atoms with van der Waals surface area (Å²) in [7, 11) is -1.58. The zero-order valence-corrected chi connectivity index (χ0v) is 6.91. The van der Waals surface area contributed by atoms with E-state index >= 15 is 0 Å². The number of hydrogen-bond acceptors (Lipinski definition) is 1. The van der Waals surface area contributed by atoms with Gasteiger partial charge in [-0.2, -0.15) is 0 Å². The van der Waals surface area contributed by atoms with Crippen LogP contribution in [0.3, 0.4) is 0 Å². The number of rotatable bonds is 1. The van der Waals surface area contributed by atoms with Gasteiger partial charge in [-0.05, 0) is 27.2 Å². The van der Waals surface area contributed by atoms with Crippen molar-refractivity contribution in [3.05, 3.63) is 0 Å². The predicted molar refractivity (Wildman–Crippen MR) is 43.3 cm³/mol.